The van der Waals surface area contributed by atoms with Gasteiger partial charge in [0.15, 0.2) is 5.17 Å². The molecule has 1 saturated heterocycles. The van der Waals surface area contributed by atoms with E-state index in [4.69, 9.17) is 0 Å². The fourth-order valence-electron chi connectivity index (χ4n) is 4.79. The summed E-state index contributed by atoms with van der Waals surface area (Å²) >= 11 is 1.34. The number of thioether (sulfide) groups is 1. The van der Waals surface area contributed by atoms with Gasteiger partial charge in [0.05, 0.1) is 34.4 Å². The number of carbonyl (C=O) groups excluding carboxylic acids is 1. The van der Waals surface area contributed by atoms with Crippen molar-refractivity contribution in [3.8, 4) is 11.4 Å². The fourth-order valence-corrected chi connectivity index (χ4v) is 5.61. The van der Waals surface area contributed by atoms with E-state index in [1.807, 2.05) is 42.5 Å². The van der Waals surface area contributed by atoms with Gasteiger partial charge in [-0.3, -0.25) is 19.2 Å². The van der Waals surface area contributed by atoms with Gasteiger partial charge in [-0.15, -0.1) is 18.3 Å². The van der Waals surface area contributed by atoms with Crippen LogP contribution in [0.25, 0.3) is 27.5 Å². The lowest BCUT2D eigenvalue weighted by Gasteiger charge is -2.20. The summed E-state index contributed by atoms with van der Waals surface area (Å²) in [6, 6.07) is 19.0. The number of nitrogens with zero attached hydrogens (tertiary/aromatic N) is 6. The number of hydrogen-bond donors (Lipinski definition) is 0. The molecule has 0 bridgehead atoms. The maximum Gasteiger partial charge on any atom is 0.573 e. The van der Waals surface area contributed by atoms with Crippen molar-refractivity contribution in [2.24, 2.45) is 10.2 Å². The van der Waals surface area contributed by atoms with E-state index in [9.17, 15) is 18.0 Å². The minimum atomic E-state index is -4.75. The number of ether oxygens (including phenoxy) is 1. The quantitative estimate of drug-likeness (QED) is 0.157. The van der Waals surface area contributed by atoms with Crippen molar-refractivity contribution in [1.82, 2.24) is 14.5 Å². The third kappa shape index (κ3) is 5.45. The van der Waals surface area contributed by atoms with Gasteiger partial charge in [-0.1, -0.05) is 49.9 Å². The maximum atomic E-state index is 12.7. The second-order valence-corrected chi connectivity index (χ2v) is 10.7. The Morgan fingerprint density at radius 3 is 2.60 bits per heavy atom. The summed E-state index contributed by atoms with van der Waals surface area (Å²) in [4.78, 5) is 23.4. The number of carbonyl (C=O) groups is 1. The van der Waals surface area contributed by atoms with Crippen LogP contribution in [0.4, 0.5) is 18.9 Å². The Morgan fingerprint density at radius 1 is 1.05 bits per heavy atom. The molecule has 3 aromatic carbocycles. The average molecular weight is 589 g/mol. The normalized spacial score (nSPS) is 15.2. The van der Waals surface area contributed by atoms with Gasteiger partial charge in [0.25, 0.3) is 0 Å². The Kier molecular flexibility index (Phi) is 7.15. The highest BCUT2D eigenvalue weighted by molar-refractivity contribution is 8.15. The molecule has 1 amide bonds. The molecule has 3 heterocycles. The first kappa shape index (κ1) is 27.5. The van der Waals surface area contributed by atoms with Gasteiger partial charge in [-0.25, -0.2) is 4.98 Å². The topological polar surface area (TPSA) is 85.0 Å². The zero-order valence-corrected chi connectivity index (χ0v) is 23.2. The van der Waals surface area contributed by atoms with Crippen LogP contribution in [0.1, 0.15) is 31.0 Å². The molecule has 0 atom stereocenters. The number of alkyl halides is 3. The standard InChI is InChI=1S/C30H23F3N6O2S/c1-18(2)23-5-3-4-6-25(23)39-27(40)16-42-29(39)37-36-14-20-13-19-7-12-26-28(24(19)15-34-20)35-17-38(26)21-8-10-22(11-9-21)41-30(31,32)33/h3-15,17-18H,16H2,1-2H3. The molecule has 2 aromatic heterocycles. The molecule has 42 heavy (non-hydrogen) atoms. The lowest BCUT2D eigenvalue weighted by molar-refractivity contribution is -0.274. The molecule has 6 rings (SSSR count). The Morgan fingerprint density at radius 2 is 1.83 bits per heavy atom. The van der Waals surface area contributed by atoms with E-state index >= 15 is 0 Å². The van der Waals surface area contributed by atoms with Crippen LogP contribution in [0.5, 0.6) is 5.75 Å². The lowest BCUT2D eigenvalue weighted by atomic mass is 10.0. The van der Waals surface area contributed by atoms with E-state index in [0.717, 1.165) is 27.5 Å². The van der Waals surface area contributed by atoms with E-state index in [1.54, 1.807) is 22.0 Å². The minimum Gasteiger partial charge on any atom is -0.406 e. The zero-order valence-electron chi connectivity index (χ0n) is 22.4. The molecule has 0 unspecified atom stereocenters. The molecule has 8 nitrogen and oxygen atoms in total. The van der Waals surface area contributed by atoms with Gasteiger partial charge < -0.3 is 4.74 Å². The summed E-state index contributed by atoms with van der Waals surface area (Å²) in [5, 5.41) is 10.8. The van der Waals surface area contributed by atoms with Gasteiger partial charge in [-0.2, -0.15) is 5.10 Å². The predicted molar refractivity (Wildman–Crippen MR) is 159 cm³/mol. The minimum absolute atomic E-state index is 0.0417. The lowest BCUT2D eigenvalue weighted by Crippen LogP contribution is -2.30. The SMILES string of the molecule is CC(C)c1ccccc1N1C(=O)CSC1=NN=Cc1cc2ccc3c(ncn3-c3ccc(OC(F)(F)F)cc3)c2cn1. The van der Waals surface area contributed by atoms with Gasteiger partial charge in [0.1, 0.15) is 12.1 Å². The molecule has 1 fully saturated rings. The van der Waals surface area contributed by atoms with E-state index in [2.05, 4.69) is 38.8 Å². The highest BCUT2D eigenvalue weighted by Gasteiger charge is 2.32. The van der Waals surface area contributed by atoms with Crippen LogP contribution in [0.2, 0.25) is 0 Å². The monoisotopic (exact) mass is 588 g/mol. The predicted octanol–water partition coefficient (Wildman–Crippen LogP) is 7.07. The first-order chi connectivity index (χ1) is 20.2. The Labute approximate surface area is 242 Å². The van der Waals surface area contributed by atoms with Crippen molar-refractivity contribution < 1.29 is 22.7 Å². The van der Waals surface area contributed by atoms with Crippen molar-refractivity contribution in [2.45, 2.75) is 26.1 Å². The van der Waals surface area contributed by atoms with Crippen LogP contribution in [0.15, 0.2) is 89.5 Å². The number of halogens is 3. The summed E-state index contributed by atoms with van der Waals surface area (Å²) in [5.74, 6) is 0.196. The number of hydrogen-bond acceptors (Lipinski definition) is 7. The van der Waals surface area contributed by atoms with E-state index < -0.39 is 6.36 Å². The van der Waals surface area contributed by atoms with E-state index in [1.165, 1.54) is 42.2 Å². The van der Waals surface area contributed by atoms with Crippen molar-refractivity contribution in [3.63, 3.8) is 0 Å². The van der Waals surface area contributed by atoms with E-state index in [0.29, 0.717) is 27.8 Å². The second kappa shape index (κ2) is 10.9. The third-order valence-corrected chi connectivity index (χ3v) is 7.60. The number of para-hydroxylation sites is 1. The van der Waals surface area contributed by atoms with Crippen LogP contribution in [-0.4, -0.2) is 43.9 Å². The number of imidazole rings is 1. The van der Waals surface area contributed by atoms with Crippen LogP contribution in [0, 0.1) is 0 Å². The van der Waals surface area contributed by atoms with Crippen LogP contribution < -0.4 is 9.64 Å². The molecular weight excluding hydrogens is 565 g/mol. The summed E-state index contributed by atoms with van der Waals surface area (Å²) < 4.78 is 43.2. The average Bonchev–Trinajstić information content (AvgIpc) is 3.56. The molecule has 5 aromatic rings. The van der Waals surface area contributed by atoms with Crippen LogP contribution >= 0.6 is 11.8 Å². The molecule has 1 aliphatic rings. The number of pyridine rings is 1. The van der Waals surface area contributed by atoms with Crippen molar-refractivity contribution in [3.05, 3.63) is 90.5 Å². The zero-order chi connectivity index (χ0) is 29.4. The number of benzene rings is 3. The number of fused-ring (bicyclic) bond motifs is 3. The van der Waals surface area contributed by atoms with Gasteiger partial charge in [0.2, 0.25) is 5.91 Å². The van der Waals surface area contributed by atoms with Crippen LogP contribution in [-0.2, 0) is 4.79 Å². The third-order valence-electron chi connectivity index (χ3n) is 6.68. The highest BCUT2D eigenvalue weighted by atomic mass is 32.2. The molecule has 0 radical (unpaired) electrons. The Hall–Kier alpha value is -4.71. The molecule has 0 N–H and O–H groups in total. The molecular formula is C30H23F3N6O2S. The summed E-state index contributed by atoms with van der Waals surface area (Å²) in [6.45, 7) is 4.17. The summed E-state index contributed by atoms with van der Waals surface area (Å²) in [5.41, 5.74) is 4.55. The van der Waals surface area contributed by atoms with Gasteiger partial charge >= 0.3 is 6.36 Å². The fraction of sp³-hybridized carbons (Fsp3) is 0.167. The molecule has 1 aliphatic heterocycles. The first-order valence-electron chi connectivity index (χ1n) is 13.0. The maximum absolute atomic E-state index is 12.7. The van der Waals surface area contributed by atoms with Crippen molar-refractivity contribution >= 4 is 56.5 Å². The molecule has 12 heteroatoms. The number of rotatable bonds is 6. The Bertz CT molecular complexity index is 1870. The largest absolute Gasteiger partial charge is 0.573 e. The highest BCUT2D eigenvalue weighted by Crippen LogP contribution is 2.33. The number of amidine groups is 1. The summed E-state index contributed by atoms with van der Waals surface area (Å²) in [7, 11) is 0. The number of aromatic nitrogens is 3. The molecule has 0 saturated carbocycles. The van der Waals surface area contributed by atoms with Crippen molar-refractivity contribution in [2.75, 3.05) is 10.7 Å². The smallest absolute Gasteiger partial charge is 0.406 e. The molecule has 0 spiro atoms. The number of amides is 1. The number of anilines is 1. The summed E-state index contributed by atoms with van der Waals surface area (Å²) in [6.07, 6.45) is 0.0949. The molecule has 212 valence electrons. The van der Waals surface area contributed by atoms with E-state index in [-0.39, 0.29) is 17.6 Å². The Balaban J connectivity index is 1.25. The van der Waals surface area contributed by atoms with Gasteiger partial charge in [-0.05, 0) is 59.3 Å². The van der Waals surface area contributed by atoms with Crippen LogP contribution in [0.3, 0.4) is 0 Å². The first-order valence-corrected chi connectivity index (χ1v) is 13.9. The van der Waals surface area contributed by atoms with Gasteiger partial charge in [0, 0.05) is 17.3 Å². The van der Waals surface area contributed by atoms with Crippen molar-refractivity contribution in [1.29, 1.82) is 0 Å². The second-order valence-electron chi connectivity index (χ2n) is 9.78. The molecule has 0 aliphatic carbocycles.